The third-order valence-corrected chi connectivity index (χ3v) is 6.67. The standard InChI is InChI=1S/C18H17Si/c1-3-15-16-12-8-9-13-18(16)19(17(15)4-2)14-10-6-5-7-11-14/h3-13H,1-2H3/b15-3?,17-4+. The van der Waals surface area contributed by atoms with Gasteiger partial charge < -0.3 is 0 Å². The summed E-state index contributed by atoms with van der Waals surface area (Å²) in [5.41, 5.74) is 2.85. The third kappa shape index (κ3) is 1.91. The topological polar surface area (TPSA) is 0 Å². The van der Waals surface area contributed by atoms with Crippen molar-refractivity contribution in [3.05, 3.63) is 77.5 Å². The Balaban J connectivity index is 2.25. The lowest BCUT2D eigenvalue weighted by molar-refractivity contribution is 1.63. The second-order valence-corrected chi connectivity index (χ2v) is 7.10. The van der Waals surface area contributed by atoms with Gasteiger partial charge in [0.1, 0.15) is 0 Å². The molecule has 0 amide bonds. The fourth-order valence-electron chi connectivity index (χ4n) is 2.89. The number of fused-ring (bicyclic) bond motifs is 1. The fourth-order valence-corrected chi connectivity index (χ4v) is 5.91. The van der Waals surface area contributed by atoms with Crippen molar-refractivity contribution in [3.8, 4) is 0 Å². The number of rotatable bonds is 1. The van der Waals surface area contributed by atoms with Crippen molar-refractivity contribution < 1.29 is 0 Å². The fraction of sp³-hybridized carbons (Fsp3) is 0.111. The predicted molar refractivity (Wildman–Crippen MR) is 85.3 cm³/mol. The van der Waals surface area contributed by atoms with E-state index < -0.39 is 8.80 Å². The number of hydrogen-bond donors (Lipinski definition) is 0. The van der Waals surface area contributed by atoms with Crippen molar-refractivity contribution in [3.63, 3.8) is 0 Å². The van der Waals surface area contributed by atoms with Gasteiger partial charge in [0.05, 0.1) is 0 Å². The maximum absolute atomic E-state index is 2.30. The van der Waals surface area contributed by atoms with Crippen molar-refractivity contribution >= 4 is 24.7 Å². The first kappa shape index (κ1) is 12.2. The largest absolute Gasteiger partial charge is 0.155 e. The maximum Gasteiger partial charge on any atom is 0.155 e. The summed E-state index contributed by atoms with van der Waals surface area (Å²) in [5.74, 6) is 0. The van der Waals surface area contributed by atoms with Crippen LogP contribution in [0.2, 0.25) is 0 Å². The lowest BCUT2D eigenvalue weighted by Crippen LogP contribution is -2.40. The van der Waals surface area contributed by atoms with Gasteiger partial charge in [0, 0.05) is 0 Å². The molecule has 19 heavy (non-hydrogen) atoms. The molecule has 0 atom stereocenters. The summed E-state index contributed by atoms with van der Waals surface area (Å²) in [5, 5.41) is 4.53. The highest BCUT2D eigenvalue weighted by Crippen LogP contribution is 2.30. The van der Waals surface area contributed by atoms with Crippen LogP contribution in [0.15, 0.2) is 71.9 Å². The molecule has 0 fully saturated rings. The highest BCUT2D eigenvalue weighted by Gasteiger charge is 2.33. The average molecular weight is 261 g/mol. The van der Waals surface area contributed by atoms with Crippen LogP contribution < -0.4 is 10.4 Å². The normalized spacial score (nSPS) is 19.1. The quantitative estimate of drug-likeness (QED) is 0.692. The molecule has 0 saturated carbocycles. The molecule has 93 valence electrons. The van der Waals surface area contributed by atoms with Crippen LogP contribution >= 0.6 is 0 Å². The zero-order valence-corrected chi connectivity index (χ0v) is 12.4. The first-order chi connectivity index (χ1) is 9.36. The van der Waals surface area contributed by atoms with Crippen LogP contribution in [0.25, 0.3) is 5.57 Å². The van der Waals surface area contributed by atoms with E-state index in [4.69, 9.17) is 0 Å². The highest BCUT2D eigenvalue weighted by molar-refractivity contribution is 6.95. The Kier molecular flexibility index (Phi) is 3.22. The number of benzene rings is 2. The summed E-state index contributed by atoms with van der Waals surface area (Å²) in [7, 11) is -0.803. The van der Waals surface area contributed by atoms with E-state index in [9.17, 15) is 0 Å². The van der Waals surface area contributed by atoms with Crippen molar-refractivity contribution in [2.45, 2.75) is 13.8 Å². The van der Waals surface area contributed by atoms with E-state index in [-0.39, 0.29) is 0 Å². The second kappa shape index (κ2) is 5.02. The van der Waals surface area contributed by atoms with Gasteiger partial charge in [-0.05, 0) is 35.4 Å². The summed E-state index contributed by atoms with van der Waals surface area (Å²) in [6, 6.07) is 19.8. The first-order valence-corrected chi connectivity index (χ1v) is 8.22. The molecule has 0 unspecified atom stereocenters. The second-order valence-electron chi connectivity index (χ2n) is 4.69. The van der Waals surface area contributed by atoms with E-state index in [0.717, 1.165) is 0 Å². The molecule has 0 N–H and O–H groups in total. The highest BCUT2D eigenvalue weighted by atomic mass is 28.3. The molecule has 0 saturated heterocycles. The van der Waals surface area contributed by atoms with Gasteiger partial charge in [-0.15, -0.1) is 0 Å². The van der Waals surface area contributed by atoms with Crippen LogP contribution in [0.4, 0.5) is 0 Å². The minimum absolute atomic E-state index is 0.803. The molecular formula is C18H17Si. The number of allylic oxidation sites excluding steroid dienone is 4. The smallest absolute Gasteiger partial charge is 0.0872 e. The Morgan fingerprint density at radius 2 is 1.47 bits per heavy atom. The summed E-state index contributed by atoms with van der Waals surface area (Å²) in [6.07, 6.45) is 4.56. The van der Waals surface area contributed by atoms with Gasteiger partial charge in [0.15, 0.2) is 8.80 Å². The molecule has 0 nitrogen and oxygen atoms in total. The molecular weight excluding hydrogens is 244 g/mol. The van der Waals surface area contributed by atoms with Crippen LogP contribution in [0.3, 0.4) is 0 Å². The van der Waals surface area contributed by atoms with E-state index in [1.54, 1.807) is 0 Å². The molecule has 2 aromatic carbocycles. The van der Waals surface area contributed by atoms with Crippen molar-refractivity contribution in [1.29, 1.82) is 0 Å². The van der Waals surface area contributed by atoms with Gasteiger partial charge in [-0.3, -0.25) is 0 Å². The lowest BCUT2D eigenvalue weighted by atomic mass is 10.1. The first-order valence-electron chi connectivity index (χ1n) is 6.72. The minimum Gasteiger partial charge on any atom is -0.0872 e. The van der Waals surface area contributed by atoms with Crippen molar-refractivity contribution in [2.24, 2.45) is 0 Å². The zero-order chi connectivity index (χ0) is 13.2. The SMILES string of the molecule is CC=C1/C(=C\C)[Si](c2ccccc2)c2ccccc21. The number of hydrogen-bond acceptors (Lipinski definition) is 0. The van der Waals surface area contributed by atoms with Crippen molar-refractivity contribution in [1.82, 2.24) is 0 Å². The molecule has 2 aromatic rings. The molecule has 0 bridgehead atoms. The van der Waals surface area contributed by atoms with Gasteiger partial charge in [-0.2, -0.15) is 0 Å². The Labute approximate surface area is 116 Å². The molecule has 0 spiro atoms. The van der Waals surface area contributed by atoms with Crippen LogP contribution in [-0.4, -0.2) is 8.80 Å². The molecule has 1 heteroatoms. The minimum atomic E-state index is -0.803. The summed E-state index contributed by atoms with van der Waals surface area (Å²) >= 11 is 0. The van der Waals surface area contributed by atoms with Gasteiger partial charge in [0.25, 0.3) is 0 Å². The third-order valence-electron chi connectivity index (χ3n) is 3.69. The molecule has 0 aliphatic carbocycles. The van der Waals surface area contributed by atoms with Gasteiger partial charge in [-0.25, -0.2) is 0 Å². The van der Waals surface area contributed by atoms with E-state index >= 15 is 0 Å². The molecule has 1 heterocycles. The monoisotopic (exact) mass is 261 g/mol. The Morgan fingerprint density at radius 3 is 2.16 bits per heavy atom. The van der Waals surface area contributed by atoms with Crippen LogP contribution in [0, 0.1) is 0 Å². The van der Waals surface area contributed by atoms with E-state index in [2.05, 4.69) is 80.6 Å². The predicted octanol–water partition coefficient (Wildman–Crippen LogP) is 3.20. The van der Waals surface area contributed by atoms with Crippen LogP contribution in [0.1, 0.15) is 19.4 Å². The van der Waals surface area contributed by atoms with Crippen molar-refractivity contribution in [2.75, 3.05) is 0 Å². The Hall–Kier alpha value is -1.86. The maximum atomic E-state index is 2.30. The van der Waals surface area contributed by atoms with E-state index in [1.165, 1.54) is 26.7 Å². The summed E-state index contributed by atoms with van der Waals surface area (Å²) in [6.45, 7) is 4.31. The lowest BCUT2D eigenvalue weighted by Gasteiger charge is -2.11. The van der Waals surface area contributed by atoms with Crippen LogP contribution in [0.5, 0.6) is 0 Å². The zero-order valence-electron chi connectivity index (χ0n) is 11.4. The van der Waals surface area contributed by atoms with E-state index in [1.807, 2.05) is 0 Å². The molecule has 0 aromatic heterocycles. The van der Waals surface area contributed by atoms with Gasteiger partial charge >= 0.3 is 0 Å². The van der Waals surface area contributed by atoms with Gasteiger partial charge in [0.2, 0.25) is 0 Å². The summed E-state index contributed by atoms with van der Waals surface area (Å²) in [4.78, 5) is 0. The molecule has 3 rings (SSSR count). The average Bonchev–Trinajstić information content (AvgIpc) is 2.81. The van der Waals surface area contributed by atoms with Gasteiger partial charge in [-0.1, -0.05) is 71.9 Å². The Bertz CT molecular complexity index is 650. The molecule has 1 radical (unpaired) electrons. The Morgan fingerprint density at radius 1 is 0.789 bits per heavy atom. The summed E-state index contributed by atoms with van der Waals surface area (Å²) < 4.78 is 0. The molecule has 1 aliphatic rings. The van der Waals surface area contributed by atoms with E-state index in [0.29, 0.717) is 0 Å². The van der Waals surface area contributed by atoms with Crippen LogP contribution in [-0.2, 0) is 0 Å². The molecule has 1 aliphatic heterocycles.